The molecule has 0 amide bonds. The van der Waals surface area contributed by atoms with Crippen molar-refractivity contribution in [2.45, 2.75) is 51.1 Å². The average Bonchev–Trinajstić information content (AvgIpc) is 3.11. The zero-order chi connectivity index (χ0) is 13.9. The number of rotatable bonds is 4. The third-order valence-electron chi connectivity index (χ3n) is 5.04. The van der Waals surface area contributed by atoms with Gasteiger partial charge < -0.3 is 10.5 Å². The molecule has 1 aliphatic carbocycles. The summed E-state index contributed by atoms with van der Waals surface area (Å²) in [5.41, 5.74) is 7.89. The second-order valence-electron chi connectivity index (χ2n) is 6.30. The first kappa shape index (κ1) is 13.7. The number of ether oxygens (including phenoxy) is 1. The lowest BCUT2D eigenvalue weighted by Crippen LogP contribution is -2.34. The van der Waals surface area contributed by atoms with Gasteiger partial charge in [0.25, 0.3) is 0 Å². The molecule has 1 aromatic rings. The monoisotopic (exact) mass is 274 g/mol. The van der Waals surface area contributed by atoms with E-state index in [1.807, 2.05) is 12.1 Å². The van der Waals surface area contributed by atoms with Crippen LogP contribution in [0.2, 0.25) is 0 Å². The highest BCUT2D eigenvalue weighted by Crippen LogP contribution is 2.36. The molecule has 2 N–H and O–H groups in total. The highest BCUT2D eigenvalue weighted by Gasteiger charge is 2.33. The Morgan fingerprint density at radius 3 is 2.75 bits per heavy atom. The molecule has 1 aliphatic heterocycles. The van der Waals surface area contributed by atoms with Gasteiger partial charge in [0.15, 0.2) is 0 Å². The van der Waals surface area contributed by atoms with E-state index in [1.165, 1.54) is 50.6 Å². The summed E-state index contributed by atoms with van der Waals surface area (Å²) in [7, 11) is 1.73. The highest BCUT2D eigenvalue weighted by atomic mass is 16.5. The summed E-state index contributed by atoms with van der Waals surface area (Å²) >= 11 is 0. The summed E-state index contributed by atoms with van der Waals surface area (Å²) in [5.74, 6) is 1.86. The van der Waals surface area contributed by atoms with E-state index in [9.17, 15) is 0 Å². The van der Waals surface area contributed by atoms with Gasteiger partial charge in [-0.1, -0.05) is 18.9 Å². The maximum absolute atomic E-state index is 5.84. The first-order chi connectivity index (χ1) is 9.78. The van der Waals surface area contributed by atoms with Gasteiger partial charge in [0, 0.05) is 29.9 Å². The normalized spacial score (nSPS) is 24.4. The fraction of sp³-hybridized carbons (Fsp3) is 0.647. The number of anilines is 1. The minimum atomic E-state index is 0.777. The van der Waals surface area contributed by atoms with Crippen LogP contribution in [-0.2, 0) is 6.54 Å². The van der Waals surface area contributed by atoms with Gasteiger partial charge >= 0.3 is 0 Å². The molecule has 1 saturated carbocycles. The Balaban J connectivity index is 1.73. The van der Waals surface area contributed by atoms with Crippen molar-refractivity contribution in [3.63, 3.8) is 0 Å². The number of nitrogen functional groups attached to an aromatic ring is 1. The fourth-order valence-corrected chi connectivity index (χ4v) is 4.03. The molecule has 0 radical (unpaired) electrons. The lowest BCUT2D eigenvalue weighted by Gasteiger charge is -2.29. The summed E-state index contributed by atoms with van der Waals surface area (Å²) < 4.78 is 5.49. The van der Waals surface area contributed by atoms with Gasteiger partial charge in [-0.25, -0.2) is 0 Å². The van der Waals surface area contributed by atoms with Crippen LogP contribution in [-0.4, -0.2) is 24.6 Å². The molecule has 2 fully saturated rings. The van der Waals surface area contributed by atoms with Crippen LogP contribution in [0.3, 0.4) is 0 Å². The minimum absolute atomic E-state index is 0.777. The van der Waals surface area contributed by atoms with Crippen LogP contribution in [0, 0.1) is 5.92 Å². The van der Waals surface area contributed by atoms with Gasteiger partial charge in [0.1, 0.15) is 5.75 Å². The van der Waals surface area contributed by atoms with Crippen molar-refractivity contribution in [3.8, 4) is 5.75 Å². The molecule has 3 nitrogen and oxygen atoms in total. The first-order valence-electron chi connectivity index (χ1n) is 7.94. The van der Waals surface area contributed by atoms with E-state index in [-0.39, 0.29) is 0 Å². The largest absolute Gasteiger partial charge is 0.496 e. The second kappa shape index (κ2) is 6.04. The summed E-state index contributed by atoms with van der Waals surface area (Å²) in [4.78, 5) is 2.67. The topological polar surface area (TPSA) is 38.5 Å². The molecular weight excluding hydrogens is 248 g/mol. The van der Waals surface area contributed by atoms with Crippen LogP contribution in [0.15, 0.2) is 18.2 Å². The number of methoxy groups -OCH3 is 1. The Morgan fingerprint density at radius 2 is 2.00 bits per heavy atom. The van der Waals surface area contributed by atoms with Gasteiger partial charge in [-0.3, -0.25) is 4.90 Å². The van der Waals surface area contributed by atoms with Crippen molar-refractivity contribution < 1.29 is 4.74 Å². The Labute approximate surface area is 122 Å². The van der Waals surface area contributed by atoms with Crippen molar-refractivity contribution in [2.24, 2.45) is 5.92 Å². The van der Waals surface area contributed by atoms with E-state index in [0.717, 1.165) is 29.9 Å². The van der Waals surface area contributed by atoms with Crippen LogP contribution in [0.5, 0.6) is 5.75 Å². The predicted molar refractivity (Wildman–Crippen MR) is 82.8 cm³/mol. The van der Waals surface area contributed by atoms with Gasteiger partial charge in [-0.15, -0.1) is 0 Å². The molecule has 110 valence electrons. The maximum Gasteiger partial charge on any atom is 0.125 e. The first-order valence-corrected chi connectivity index (χ1v) is 7.94. The summed E-state index contributed by atoms with van der Waals surface area (Å²) in [6.07, 6.45) is 8.45. The Bertz CT molecular complexity index is 454. The van der Waals surface area contributed by atoms with E-state index >= 15 is 0 Å². The molecule has 1 saturated heterocycles. The Kier molecular flexibility index (Phi) is 4.16. The van der Waals surface area contributed by atoms with Crippen LogP contribution in [0.1, 0.15) is 44.1 Å². The summed E-state index contributed by atoms with van der Waals surface area (Å²) in [6, 6.07) is 6.84. The van der Waals surface area contributed by atoms with Gasteiger partial charge in [-0.2, -0.15) is 0 Å². The average molecular weight is 274 g/mol. The van der Waals surface area contributed by atoms with E-state index in [4.69, 9.17) is 10.5 Å². The number of likely N-dealkylation sites (tertiary alicyclic amines) is 1. The Morgan fingerprint density at radius 1 is 1.20 bits per heavy atom. The highest BCUT2D eigenvalue weighted by molar-refractivity contribution is 5.48. The third kappa shape index (κ3) is 2.78. The number of benzene rings is 1. The molecular formula is C17H26N2O. The molecule has 3 rings (SSSR count). The molecule has 0 spiro atoms. The smallest absolute Gasteiger partial charge is 0.125 e. The van der Waals surface area contributed by atoms with E-state index in [1.54, 1.807) is 7.11 Å². The fourth-order valence-electron chi connectivity index (χ4n) is 4.03. The zero-order valence-corrected chi connectivity index (χ0v) is 12.5. The Hall–Kier alpha value is -1.22. The molecule has 1 heterocycles. The molecule has 3 heteroatoms. The van der Waals surface area contributed by atoms with Crippen molar-refractivity contribution >= 4 is 5.69 Å². The second-order valence-corrected chi connectivity index (χ2v) is 6.30. The zero-order valence-electron chi connectivity index (χ0n) is 12.5. The summed E-state index contributed by atoms with van der Waals surface area (Å²) in [5, 5.41) is 0. The minimum Gasteiger partial charge on any atom is -0.496 e. The lowest BCUT2D eigenvalue weighted by molar-refractivity contribution is 0.181. The van der Waals surface area contributed by atoms with Gasteiger partial charge in [0.2, 0.25) is 0 Å². The van der Waals surface area contributed by atoms with Crippen molar-refractivity contribution in [1.29, 1.82) is 0 Å². The molecule has 1 unspecified atom stereocenters. The number of hydrogen-bond donors (Lipinski definition) is 1. The third-order valence-corrected chi connectivity index (χ3v) is 5.04. The molecule has 1 aromatic carbocycles. The standard InChI is InChI=1S/C17H26N2O/c1-20-17-11-15(18)9-8-14(17)12-19-10-4-7-16(19)13-5-2-3-6-13/h8-9,11,13,16H,2-7,10,12,18H2,1H3. The molecule has 1 atom stereocenters. The maximum atomic E-state index is 5.84. The van der Waals surface area contributed by atoms with E-state index in [2.05, 4.69) is 11.0 Å². The van der Waals surface area contributed by atoms with Crippen LogP contribution in [0.4, 0.5) is 5.69 Å². The molecule has 0 bridgehead atoms. The van der Waals surface area contributed by atoms with Gasteiger partial charge in [0.05, 0.1) is 7.11 Å². The molecule has 20 heavy (non-hydrogen) atoms. The van der Waals surface area contributed by atoms with Crippen LogP contribution in [0.25, 0.3) is 0 Å². The van der Waals surface area contributed by atoms with Crippen molar-refractivity contribution in [3.05, 3.63) is 23.8 Å². The molecule has 0 aromatic heterocycles. The number of nitrogens with zero attached hydrogens (tertiary/aromatic N) is 1. The summed E-state index contributed by atoms with van der Waals surface area (Å²) in [6.45, 7) is 2.24. The number of nitrogens with two attached hydrogens (primary N) is 1. The van der Waals surface area contributed by atoms with E-state index in [0.29, 0.717) is 0 Å². The van der Waals surface area contributed by atoms with Gasteiger partial charge in [-0.05, 0) is 44.2 Å². The SMILES string of the molecule is COc1cc(N)ccc1CN1CCCC1C1CCCC1. The quantitative estimate of drug-likeness (QED) is 0.855. The van der Waals surface area contributed by atoms with Crippen molar-refractivity contribution in [2.75, 3.05) is 19.4 Å². The number of hydrogen-bond acceptors (Lipinski definition) is 3. The van der Waals surface area contributed by atoms with Crippen LogP contribution < -0.4 is 10.5 Å². The lowest BCUT2D eigenvalue weighted by atomic mass is 9.95. The predicted octanol–water partition coefficient (Wildman–Crippen LogP) is 3.43. The van der Waals surface area contributed by atoms with E-state index < -0.39 is 0 Å². The van der Waals surface area contributed by atoms with Crippen molar-refractivity contribution in [1.82, 2.24) is 4.90 Å². The van der Waals surface area contributed by atoms with Crippen LogP contribution >= 0.6 is 0 Å². The molecule has 2 aliphatic rings.